The predicted molar refractivity (Wildman–Crippen MR) is 65.8 cm³/mol. The van der Waals surface area contributed by atoms with Crippen molar-refractivity contribution in [3.63, 3.8) is 0 Å². The van der Waals surface area contributed by atoms with E-state index in [2.05, 4.69) is 5.32 Å². The first-order valence-corrected chi connectivity index (χ1v) is 6.04. The van der Waals surface area contributed by atoms with Crippen LogP contribution in [0, 0.1) is 0 Å². The quantitative estimate of drug-likeness (QED) is 0.734. The maximum atomic E-state index is 12.3. The first kappa shape index (κ1) is 11.6. The number of aromatic hydroxyl groups is 1. The lowest BCUT2D eigenvalue weighted by atomic mass is 9.85. The minimum atomic E-state index is -0.488. The van der Waals surface area contributed by atoms with Crippen LogP contribution in [0.2, 0.25) is 0 Å². The summed E-state index contributed by atoms with van der Waals surface area (Å²) in [5.74, 6) is -1.29. The van der Waals surface area contributed by atoms with Gasteiger partial charge in [0.15, 0.2) is 5.78 Å². The van der Waals surface area contributed by atoms with E-state index in [9.17, 15) is 19.5 Å². The normalized spacial score (nSPS) is 18.6. The average molecular weight is 257 g/mol. The van der Waals surface area contributed by atoms with E-state index in [-0.39, 0.29) is 40.7 Å². The van der Waals surface area contributed by atoms with Gasteiger partial charge in [-0.1, -0.05) is 12.1 Å². The van der Waals surface area contributed by atoms with Crippen molar-refractivity contribution in [1.82, 2.24) is 5.32 Å². The highest BCUT2D eigenvalue weighted by Crippen LogP contribution is 2.33. The molecule has 2 N–H and O–H groups in total. The number of nitrogens with one attached hydrogen (secondary N) is 1. The molecule has 0 atom stereocenters. The molecule has 1 aliphatic heterocycles. The Kier molecular flexibility index (Phi) is 2.48. The summed E-state index contributed by atoms with van der Waals surface area (Å²) >= 11 is 0. The summed E-state index contributed by atoms with van der Waals surface area (Å²) in [4.78, 5) is 36.2. The van der Waals surface area contributed by atoms with Crippen molar-refractivity contribution in [3.05, 3.63) is 40.6 Å². The summed E-state index contributed by atoms with van der Waals surface area (Å²) in [5, 5.41) is 12.3. The second kappa shape index (κ2) is 4.05. The van der Waals surface area contributed by atoms with E-state index in [0.717, 1.165) is 0 Å². The minimum Gasteiger partial charge on any atom is -0.507 e. The number of phenolic OH excluding ortho intramolecular Hbond substituents is 1. The van der Waals surface area contributed by atoms with Gasteiger partial charge >= 0.3 is 0 Å². The molecular weight excluding hydrogens is 246 g/mol. The van der Waals surface area contributed by atoms with E-state index >= 15 is 0 Å². The molecular formula is C14H11NO4. The lowest BCUT2D eigenvalue weighted by Gasteiger charge is -2.20. The first-order chi connectivity index (χ1) is 9.09. The topological polar surface area (TPSA) is 83.5 Å². The number of ketones is 2. The van der Waals surface area contributed by atoms with Crippen LogP contribution in [-0.4, -0.2) is 22.6 Å². The third-order valence-electron chi connectivity index (χ3n) is 3.41. The molecule has 1 aliphatic carbocycles. The standard InChI is InChI=1S/C14H11NO4/c16-9-5-1-3-7-11(9)14(19)12-8(13(7)18)4-2-6-10(17)15-12/h1,3,5,16H,2,4,6H2,(H,15,17). The van der Waals surface area contributed by atoms with Crippen molar-refractivity contribution in [1.29, 1.82) is 0 Å². The van der Waals surface area contributed by atoms with Crippen molar-refractivity contribution >= 4 is 17.5 Å². The van der Waals surface area contributed by atoms with Crippen molar-refractivity contribution in [2.45, 2.75) is 19.3 Å². The van der Waals surface area contributed by atoms with Gasteiger partial charge in [0.2, 0.25) is 11.7 Å². The number of amides is 1. The van der Waals surface area contributed by atoms with Gasteiger partial charge in [-0.2, -0.15) is 0 Å². The van der Waals surface area contributed by atoms with E-state index in [4.69, 9.17) is 0 Å². The zero-order chi connectivity index (χ0) is 13.6. The number of rotatable bonds is 0. The van der Waals surface area contributed by atoms with Crippen LogP contribution in [0.4, 0.5) is 0 Å². The summed E-state index contributed by atoms with van der Waals surface area (Å²) in [6.07, 6.45) is 1.22. The second-order valence-electron chi connectivity index (χ2n) is 4.61. The van der Waals surface area contributed by atoms with Crippen LogP contribution in [0.5, 0.6) is 5.75 Å². The van der Waals surface area contributed by atoms with Crippen LogP contribution in [0.3, 0.4) is 0 Å². The van der Waals surface area contributed by atoms with E-state index in [1.165, 1.54) is 18.2 Å². The van der Waals surface area contributed by atoms with Gasteiger partial charge in [0, 0.05) is 17.6 Å². The third kappa shape index (κ3) is 1.66. The zero-order valence-electron chi connectivity index (χ0n) is 10.0. The first-order valence-electron chi connectivity index (χ1n) is 6.04. The lowest BCUT2D eigenvalue weighted by Crippen LogP contribution is -2.32. The van der Waals surface area contributed by atoms with Gasteiger partial charge in [0.25, 0.3) is 0 Å². The van der Waals surface area contributed by atoms with Crippen LogP contribution < -0.4 is 5.32 Å². The molecule has 5 heteroatoms. The monoisotopic (exact) mass is 257 g/mol. The molecule has 2 aliphatic rings. The van der Waals surface area contributed by atoms with Gasteiger partial charge in [-0.3, -0.25) is 14.4 Å². The Balaban J connectivity index is 2.21. The highest BCUT2D eigenvalue weighted by molar-refractivity contribution is 6.28. The summed E-state index contributed by atoms with van der Waals surface area (Å²) in [6.45, 7) is 0. The van der Waals surface area contributed by atoms with Crippen LogP contribution in [0.25, 0.3) is 0 Å². The van der Waals surface area contributed by atoms with Gasteiger partial charge in [0.1, 0.15) is 5.75 Å². The van der Waals surface area contributed by atoms with Gasteiger partial charge in [-0.05, 0) is 18.9 Å². The largest absolute Gasteiger partial charge is 0.507 e. The Morgan fingerprint density at radius 2 is 1.84 bits per heavy atom. The Morgan fingerprint density at radius 1 is 1.05 bits per heavy atom. The number of fused-ring (bicyclic) bond motifs is 1. The number of hydrogen-bond acceptors (Lipinski definition) is 4. The fourth-order valence-electron chi connectivity index (χ4n) is 2.50. The van der Waals surface area contributed by atoms with E-state index in [1.54, 1.807) is 0 Å². The van der Waals surface area contributed by atoms with E-state index in [1.807, 2.05) is 0 Å². The molecule has 0 saturated heterocycles. The molecule has 0 saturated carbocycles. The molecule has 1 amide bonds. The molecule has 1 aromatic rings. The predicted octanol–water partition coefficient (Wildman–Crippen LogP) is 1.33. The van der Waals surface area contributed by atoms with Crippen LogP contribution >= 0.6 is 0 Å². The third-order valence-corrected chi connectivity index (χ3v) is 3.41. The van der Waals surface area contributed by atoms with Crippen LogP contribution in [-0.2, 0) is 4.79 Å². The molecule has 0 unspecified atom stereocenters. The summed E-state index contributed by atoms with van der Waals surface area (Å²) < 4.78 is 0. The Bertz CT molecular complexity index is 657. The van der Waals surface area contributed by atoms with E-state index in [0.29, 0.717) is 18.4 Å². The highest BCUT2D eigenvalue weighted by atomic mass is 16.3. The number of Topliss-reactive ketones (excluding diaryl/α,β-unsaturated/α-hetero) is 2. The fourth-order valence-corrected chi connectivity index (χ4v) is 2.50. The minimum absolute atomic E-state index is 0.0200. The van der Waals surface area contributed by atoms with Crippen molar-refractivity contribution < 1.29 is 19.5 Å². The summed E-state index contributed by atoms with van der Waals surface area (Å²) in [5.41, 5.74) is 0.559. The lowest BCUT2D eigenvalue weighted by molar-refractivity contribution is -0.120. The molecule has 3 rings (SSSR count). The molecule has 1 aromatic carbocycles. The Hall–Kier alpha value is -2.43. The number of phenols is 1. The number of carbonyl (C=O) groups excluding carboxylic acids is 3. The molecule has 0 aromatic heterocycles. The SMILES string of the molecule is O=C1CCCC2=C(N1)C(=O)c1c(O)cccc1C2=O. The number of allylic oxidation sites excluding steroid dienone is 2. The van der Waals surface area contributed by atoms with Gasteiger partial charge < -0.3 is 10.4 Å². The average Bonchev–Trinajstić information content (AvgIpc) is 2.58. The second-order valence-corrected chi connectivity index (χ2v) is 4.61. The smallest absolute Gasteiger partial charge is 0.224 e. The molecule has 0 bridgehead atoms. The molecule has 19 heavy (non-hydrogen) atoms. The maximum absolute atomic E-state index is 12.3. The van der Waals surface area contributed by atoms with Crippen molar-refractivity contribution in [3.8, 4) is 5.75 Å². The maximum Gasteiger partial charge on any atom is 0.224 e. The number of carbonyl (C=O) groups is 3. The molecule has 0 radical (unpaired) electrons. The van der Waals surface area contributed by atoms with E-state index < -0.39 is 5.78 Å². The number of benzene rings is 1. The number of hydrogen-bond donors (Lipinski definition) is 2. The van der Waals surface area contributed by atoms with Crippen LogP contribution in [0.15, 0.2) is 29.5 Å². The molecule has 0 spiro atoms. The van der Waals surface area contributed by atoms with Crippen LogP contribution in [0.1, 0.15) is 40.0 Å². The van der Waals surface area contributed by atoms with Crippen molar-refractivity contribution in [2.75, 3.05) is 0 Å². The molecule has 5 nitrogen and oxygen atoms in total. The molecule has 1 heterocycles. The zero-order valence-corrected chi connectivity index (χ0v) is 10.0. The molecule has 0 fully saturated rings. The van der Waals surface area contributed by atoms with Gasteiger partial charge in [-0.15, -0.1) is 0 Å². The highest BCUT2D eigenvalue weighted by Gasteiger charge is 2.35. The van der Waals surface area contributed by atoms with Crippen molar-refractivity contribution in [2.24, 2.45) is 0 Å². The Labute approximate surface area is 108 Å². The summed E-state index contributed by atoms with van der Waals surface area (Å²) in [7, 11) is 0. The van der Waals surface area contributed by atoms with Gasteiger partial charge in [0.05, 0.1) is 11.3 Å². The fraction of sp³-hybridized carbons (Fsp3) is 0.214. The summed E-state index contributed by atoms with van der Waals surface area (Å²) in [6, 6.07) is 4.40. The molecule has 96 valence electrons. The van der Waals surface area contributed by atoms with Gasteiger partial charge in [-0.25, -0.2) is 0 Å². The Morgan fingerprint density at radius 3 is 2.63 bits per heavy atom.